The molecule has 0 heterocycles. The molecule has 0 atom stereocenters. The standard InChI is InChI=1S/C14H20I2O5Si/c1-4-19-22(20-5-2,21-6-3)10-18-14(17)11-8-7-9-12(15)13(11)16/h7-9H,4-6,10H2,1-3H3. The minimum Gasteiger partial charge on any atom is -0.457 e. The summed E-state index contributed by atoms with van der Waals surface area (Å²) < 4.78 is 24.3. The van der Waals surface area contributed by atoms with Crippen molar-refractivity contribution < 1.29 is 22.8 Å². The molecular weight excluding hydrogens is 530 g/mol. The van der Waals surface area contributed by atoms with Gasteiger partial charge in [-0.05, 0) is 78.1 Å². The van der Waals surface area contributed by atoms with E-state index in [-0.39, 0.29) is 12.2 Å². The Balaban J connectivity index is 2.82. The number of halogens is 2. The fourth-order valence-electron chi connectivity index (χ4n) is 1.80. The number of carbonyl (C=O) groups is 1. The van der Waals surface area contributed by atoms with Gasteiger partial charge in [-0.15, -0.1) is 0 Å². The van der Waals surface area contributed by atoms with Crippen LogP contribution in [0, 0.1) is 7.14 Å². The van der Waals surface area contributed by atoms with Crippen LogP contribution in [0.1, 0.15) is 31.1 Å². The van der Waals surface area contributed by atoms with Crippen molar-refractivity contribution in [2.75, 3.05) is 26.1 Å². The average Bonchev–Trinajstić information content (AvgIpc) is 2.48. The Kier molecular flexibility index (Phi) is 9.39. The van der Waals surface area contributed by atoms with Crippen molar-refractivity contribution in [3.05, 3.63) is 30.9 Å². The summed E-state index contributed by atoms with van der Waals surface area (Å²) in [6.07, 6.45) is 0.0168. The topological polar surface area (TPSA) is 54.0 Å². The Morgan fingerprint density at radius 3 is 2.09 bits per heavy atom. The lowest BCUT2D eigenvalue weighted by Gasteiger charge is -2.27. The second-order valence-electron chi connectivity index (χ2n) is 4.16. The summed E-state index contributed by atoms with van der Waals surface area (Å²) in [4.78, 5) is 12.3. The van der Waals surface area contributed by atoms with E-state index < -0.39 is 8.80 Å². The molecule has 1 aromatic carbocycles. The van der Waals surface area contributed by atoms with E-state index in [1.165, 1.54) is 0 Å². The molecule has 0 fully saturated rings. The number of benzene rings is 1. The van der Waals surface area contributed by atoms with Gasteiger partial charge in [-0.25, -0.2) is 4.79 Å². The number of carbonyl (C=O) groups excluding carboxylic acids is 1. The van der Waals surface area contributed by atoms with Crippen molar-refractivity contribution in [3.63, 3.8) is 0 Å². The summed E-state index contributed by atoms with van der Waals surface area (Å²) in [7, 11) is -2.97. The molecule has 0 aromatic heterocycles. The molecule has 124 valence electrons. The van der Waals surface area contributed by atoms with Crippen LogP contribution in [0.5, 0.6) is 0 Å². The van der Waals surface area contributed by atoms with Gasteiger partial charge >= 0.3 is 14.8 Å². The first-order chi connectivity index (χ1) is 10.5. The fraction of sp³-hybridized carbons (Fsp3) is 0.500. The van der Waals surface area contributed by atoms with Crippen LogP contribution in [-0.2, 0) is 18.0 Å². The van der Waals surface area contributed by atoms with E-state index >= 15 is 0 Å². The summed E-state index contributed by atoms with van der Waals surface area (Å²) in [6.45, 7) is 6.94. The first kappa shape index (κ1) is 20.3. The molecule has 1 rings (SSSR count). The molecule has 8 heteroatoms. The Bertz CT molecular complexity index is 481. The predicted molar refractivity (Wildman–Crippen MR) is 103 cm³/mol. The number of hydrogen-bond acceptors (Lipinski definition) is 5. The average molecular weight is 550 g/mol. The van der Waals surface area contributed by atoms with E-state index in [1.54, 1.807) is 6.07 Å². The van der Waals surface area contributed by atoms with Crippen molar-refractivity contribution in [2.45, 2.75) is 20.8 Å². The first-order valence-corrected chi connectivity index (χ1v) is 11.1. The molecule has 0 aliphatic heterocycles. The molecule has 0 N–H and O–H groups in total. The highest BCUT2D eigenvalue weighted by Crippen LogP contribution is 2.20. The van der Waals surface area contributed by atoms with Gasteiger partial charge in [-0.3, -0.25) is 0 Å². The van der Waals surface area contributed by atoms with Gasteiger partial charge in [0.15, 0.2) is 6.23 Å². The van der Waals surface area contributed by atoms with Crippen molar-refractivity contribution in [1.82, 2.24) is 0 Å². The van der Waals surface area contributed by atoms with Crippen LogP contribution in [0.15, 0.2) is 18.2 Å². The zero-order chi connectivity index (χ0) is 16.6. The Morgan fingerprint density at radius 2 is 1.59 bits per heavy atom. The summed E-state index contributed by atoms with van der Waals surface area (Å²) in [5.41, 5.74) is 0.542. The molecule has 0 spiro atoms. The maximum atomic E-state index is 12.3. The fourth-order valence-corrected chi connectivity index (χ4v) is 5.01. The second kappa shape index (κ2) is 10.2. The quantitative estimate of drug-likeness (QED) is 0.267. The molecule has 0 saturated heterocycles. The predicted octanol–water partition coefficient (Wildman–Crippen LogP) is 3.64. The lowest BCUT2D eigenvalue weighted by atomic mass is 10.2. The lowest BCUT2D eigenvalue weighted by Crippen LogP contribution is -2.51. The molecule has 0 saturated carbocycles. The normalized spacial score (nSPS) is 11.5. The maximum Gasteiger partial charge on any atom is 0.540 e. The largest absolute Gasteiger partial charge is 0.540 e. The third-order valence-electron chi connectivity index (χ3n) is 2.64. The summed E-state index contributed by atoms with van der Waals surface area (Å²) in [5.74, 6) is -0.390. The molecule has 1 aromatic rings. The highest BCUT2D eigenvalue weighted by Gasteiger charge is 2.42. The van der Waals surface area contributed by atoms with Gasteiger partial charge in [0.2, 0.25) is 0 Å². The smallest absolute Gasteiger partial charge is 0.457 e. The minimum atomic E-state index is -2.97. The summed E-state index contributed by atoms with van der Waals surface area (Å²) in [6, 6.07) is 5.52. The summed E-state index contributed by atoms with van der Waals surface area (Å²) >= 11 is 4.33. The molecule has 0 aliphatic rings. The van der Waals surface area contributed by atoms with E-state index in [2.05, 4.69) is 45.2 Å². The van der Waals surface area contributed by atoms with Gasteiger partial charge in [0.25, 0.3) is 0 Å². The van der Waals surface area contributed by atoms with Gasteiger partial charge < -0.3 is 18.0 Å². The third-order valence-corrected chi connectivity index (χ3v) is 8.42. The minimum absolute atomic E-state index is 0.0168. The van der Waals surface area contributed by atoms with Crippen molar-refractivity contribution in [3.8, 4) is 0 Å². The van der Waals surface area contributed by atoms with Crippen LogP contribution < -0.4 is 0 Å². The maximum absolute atomic E-state index is 12.3. The molecule has 0 amide bonds. The van der Waals surface area contributed by atoms with Gasteiger partial charge in [-0.1, -0.05) is 6.07 Å². The van der Waals surface area contributed by atoms with Gasteiger partial charge in [0.1, 0.15) is 0 Å². The van der Waals surface area contributed by atoms with Gasteiger partial charge in [0.05, 0.1) is 5.56 Å². The molecule has 0 bridgehead atoms. The molecule has 0 unspecified atom stereocenters. The Hall–Kier alpha value is 0.247. The van der Waals surface area contributed by atoms with Crippen molar-refractivity contribution in [2.24, 2.45) is 0 Å². The molecular formula is C14H20I2O5Si. The van der Waals surface area contributed by atoms with E-state index in [1.807, 2.05) is 32.9 Å². The number of ether oxygens (including phenoxy) is 1. The lowest BCUT2D eigenvalue weighted by molar-refractivity contribution is 0.0247. The van der Waals surface area contributed by atoms with Crippen molar-refractivity contribution >= 4 is 60.0 Å². The molecule has 22 heavy (non-hydrogen) atoms. The second-order valence-corrected chi connectivity index (χ2v) is 8.92. The Morgan fingerprint density at radius 1 is 1.05 bits per heavy atom. The van der Waals surface area contributed by atoms with E-state index in [9.17, 15) is 4.79 Å². The van der Waals surface area contributed by atoms with Crippen LogP contribution >= 0.6 is 45.2 Å². The van der Waals surface area contributed by atoms with Crippen LogP contribution in [0.2, 0.25) is 0 Å². The molecule has 5 nitrogen and oxygen atoms in total. The molecule has 0 radical (unpaired) electrons. The van der Waals surface area contributed by atoms with E-state index in [0.717, 1.165) is 7.14 Å². The monoisotopic (exact) mass is 550 g/mol. The van der Waals surface area contributed by atoms with E-state index in [0.29, 0.717) is 25.4 Å². The molecule has 0 aliphatic carbocycles. The van der Waals surface area contributed by atoms with Crippen LogP contribution in [-0.4, -0.2) is 40.8 Å². The zero-order valence-corrected chi connectivity index (χ0v) is 18.2. The first-order valence-electron chi connectivity index (χ1n) is 7.02. The number of hydrogen-bond donors (Lipinski definition) is 0. The summed E-state index contributed by atoms with van der Waals surface area (Å²) in [5, 5.41) is 0. The SMILES string of the molecule is CCO[Si](COC(=O)c1cccc(I)c1I)(OCC)OCC. The van der Waals surface area contributed by atoms with Gasteiger partial charge in [-0.2, -0.15) is 0 Å². The van der Waals surface area contributed by atoms with Crippen LogP contribution in [0.25, 0.3) is 0 Å². The highest BCUT2D eigenvalue weighted by atomic mass is 127. The van der Waals surface area contributed by atoms with Crippen molar-refractivity contribution in [1.29, 1.82) is 0 Å². The van der Waals surface area contributed by atoms with Crippen LogP contribution in [0.3, 0.4) is 0 Å². The van der Waals surface area contributed by atoms with Gasteiger partial charge in [0, 0.05) is 27.0 Å². The number of esters is 1. The highest BCUT2D eigenvalue weighted by molar-refractivity contribution is 14.1. The van der Waals surface area contributed by atoms with E-state index in [4.69, 9.17) is 18.0 Å². The number of rotatable bonds is 9. The van der Waals surface area contributed by atoms with Crippen LogP contribution in [0.4, 0.5) is 0 Å². The third kappa shape index (κ3) is 5.71. The Labute approximate surface area is 159 Å². The zero-order valence-electron chi connectivity index (χ0n) is 12.9.